The van der Waals surface area contributed by atoms with Gasteiger partial charge in [0.15, 0.2) is 0 Å². The van der Waals surface area contributed by atoms with Crippen LogP contribution in [0.1, 0.15) is 68.1 Å². The monoisotopic (exact) mass is 482 g/mol. The molecule has 2 aromatic rings. The lowest BCUT2D eigenvalue weighted by Gasteiger charge is -2.43. The molecule has 0 radical (unpaired) electrons. The first kappa shape index (κ1) is 25.8. The molecule has 8 heteroatoms. The number of esters is 3. The van der Waals surface area contributed by atoms with E-state index >= 15 is 0 Å². The summed E-state index contributed by atoms with van der Waals surface area (Å²) < 4.78 is 35.2. The van der Waals surface area contributed by atoms with Crippen LogP contribution in [0.5, 0.6) is 11.5 Å². The van der Waals surface area contributed by atoms with Crippen molar-refractivity contribution in [1.82, 2.24) is 0 Å². The Kier molecular flexibility index (Phi) is 7.20. The highest BCUT2D eigenvalue weighted by Gasteiger charge is 2.40. The van der Waals surface area contributed by atoms with Gasteiger partial charge in [-0.15, -0.1) is 6.42 Å². The standard InChI is InChI=1S/C27H27FO7/c1-7-17-10-19(11-21-24(17)35-27(5,6)14-26(21,3)4)25(31)34-20-9-8-18(22(28)13-20)12-23(30)33-15-32-16(2)29/h1,8-11,13H,12,14-15H2,2-6H3. The molecular weight excluding hydrogens is 455 g/mol. The summed E-state index contributed by atoms with van der Waals surface area (Å²) >= 11 is 0. The smallest absolute Gasteiger partial charge is 0.343 e. The lowest BCUT2D eigenvalue weighted by molar-refractivity contribution is -0.165. The third-order valence-electron chi connectivity index (χ3n) is 5.51. The number of ether oxygens (including phenoxy) is 4. The van der Waals surface area contributed by atoms with Gasteiger partial charge >= 0.3 is 17.9 Å². The van der Waals surface area contributed by atoms with Gasteiger partial charge in [-0.3, -0.25) is 9.59 Å². The third kappa shape index (κ3) is 6.18. The van der Waals surface area contributed by atoms with Crippen molar-refractivity contribution in [3.63, 3.8) is 0 Å². The van der Waals surface area contributed by atoms with Gasteiger partial charge in [0.25, 0.3) is 0 Å². The second kappa shape index (κ2) is 9.79. The van der Waals surface area contributed by atoms with E-state index in [1.54, 1.807) is 6.07 Å². The maximum Gasteiger partial charge on any atom is 0.343 e. The topological polar surface area (TPSA) is 88.1 Å². The molecule has 3 rings (SSSR count). The Morgan fingerprint density at radius 3 is 2.46 bits per heavy atom. The highest BCUT2D eigenvalue weighted by atomic mass is 19.1. The first-order chi connectivity index (χ1) is 16.3. The number of carbonyl (C=O) groups excluding carboxylic acids is 3. The van der Waals surface area contributed by atoms with Crippen molar-refractivity contribution >= 4 is 17.9 Å². The molecule has 0 atom stereocenters. The van der Waals surface area contributed by atoms with E-state index in [0.29, 0.717) is 17.7 Å². The SMILES string of the molecule is C#Cc1cc(C(=O)Oc2ccc(CC(=O)OCOC(C)=O)c(F)c2)cc2c1OC(C)(C)CC2(C)C. The summed E-state index contributed by atoms with van der Waals surface area (Å²) in [6.45, 7) is 8.69. The van der Waals surface area contributed by atoms with Crippen LogP contribution in [0.2, 0.25) is 0 Å². The molecule has 1 heterocycles. The molecule has 0 saturated carbocycles. The van der Waals surface area contributed by atoms with Crippen LogP contribution in [0.4, 0.5) is 4.39 Å². The van der Waals surface area contributed by atoms with Gasteiger partial charge in [0.1, 0.15) is 22.9 Å². The first-order valence-corrected chi connectivity index (χ1v) is 10.9. The number of benzene rings is 2. The van der Waals surface area contributed by atoms with Crippen molar-refractivity contribution in [2.45, 2.75) is 58.5 Å². The second-order valence-electron chi connectivity index (χ2n) is 9.56. The Labute approximate surface area is 203 Å². The van der Waals surface area contributed by atoms with E-state index in [4.69, 9.17) is 20.6 Å². The quantitative estimate of drug-likeness (QED) is 0.260. The Bertz CT molecular complexity index is 1220. The van der Waals surface area contributed by atoms with Crippen molar-refractivity contribution in [2.24, 2.45) is 0 Å². The zero-order valence-electron chi connectivity index (χ0n) is 20.3. The largest absolute Gasteiger partial charge is 0.486 e. The molecule has 7 nitrogen and oxygen atoms in total. The number of fused-ring (bicyclic) bond motifs is 1. The summed E-state index contributed by atoms with van der Waals surface area (Å²) in [5.74, 6) is 0.256. The fourth-order valence-corrected chi connectivity index (χ4v) is 4.22. The van der Waals surface area contributed by atoms with E-state index in [-0.39, 0.29) is 28.7 Å². The Morgan fingerprint density at radius 1 is 1.11 bits per heavy atom. The number of hydrogen-bond donors (Lipinski definition) is 0. The van der Waals surface area contributed by atoms with Crippen LogP contribution in [-0.2, 0) is 30.9 Å². The predicted molar refractivity (Wildman–Crippen MR) is 125 cm³/mol. The molecule has 0 saturated heterocycles. The maximum atomic E-state index is 14.5. The highest BCUT2D eigenvalue weighted by molar-refractivity contribution is 5.92. The van der Waals surface area contributed by atoms with Crippen LogP contribution in [-0.4, -0.2) is 30.3 Å². The van der Waals surface area contributed by atoms with Crippen molar-refractivity contribution < 1.29 is 37.7 Å². The van der Waals surface area contributed by atoms with E-state index in [1.165, 1.54) is 25.1 Å². The summed E-state index contributed by atoms with van der Waals surface area (Å²) in [6.07, 6.45) is 6.03. The fourth-order valence-electron chi connectivity index (χ4n) is 4.22. The summed E-state index contributed by atoms with van der Waals surface area (Å²) in [5, 5.41) is 0. The van der Waals surface area contributed by atoms with E-state index in [0.717, 1.165) is 11.6 Å². The number of terminal acetylenes is 1. The van der Waals surface area contributed by atoms with E-state index in [9.17, 15) is 18.8 Å². The molecule has 35 heavy (non-hydrogen) atoms. The molecule has 0 aliphatic carbocycles. The van der Waals surface area contributed by atoms with Gasteiger partial charge in [0, 0.05) is 18.6 Å². The molecular formula is C27H27FO7. The molecule has 2 aromatic carbocycles. The molecule has 0 amide bonds. The van der Waals surface area contributed by atoms with Gasteiger partial charge in [0.05, 0.1) is 17.5 Å². The lowest BCUT2D eigenvalue weighted by atomic mass is 9.72. The van der Waals surface area contributed by atoms with Crippen LogP contribution < -0.4 is 9.47 Å². The summed E-state index contributed by atoms with van der Waals surface area (Å²) in [7, 11) is 0. The van der Waals surface area contributed by atoms with Crippen LogP contribution in [0.15, 0.2) is 30.3 Å². The summed E-state index contributed by atoms with van der Waals surface area (Å²) in [6, 6.07) is 6.89. The van der Waals surface area contributed by atoms with E-state index < -0.39 is 36.1 Å². The predicted octanol–water partition coefficient (Wildman–Crippen LogP) is 4.47. The molecule has 0 unspecified atom stereocenters. The van der Waals surface area contributed by atoms with Crippen molar-refractivity contribution in [1.29, 1.82) is 0 Å². The average Bonchev–Trinajstić information content (AvgIpc) is 2.73. The normalized spacial score (nSPS) is 15.1. The minimum atomic E-state index is -0.779. The molecule has 0 aromatic heterocycles. The maximum absolute atomic E-state index is 14.5. The number of carbonyl (C=O) groups is 3. The molecule has 0 spiro atoms. The van der Waals surface area contributed by atoms with Gasteiger partial charge in [-0.25, -0.2) is 9.18 Å². The van der Waals surface area contributed by atoms with Crippen molar-refractivity contribution in [3.05, 3.63) is 58.4 Å². The zero-order valence-corrected chi connectivity index (χ0v) is 20.3. The molecule has 0 N–H and O–H groups in total. The fraction of sp³-hybridized carbons (Fsp3) is 0.370. The van der Waals surface area contributed by atoms with E-state index in [1.807, 2.05) is 13.8 Å². The Morgan fingerprint density at radius 2 is 1.83 bits per heavy atom. The second-order valence-corrected chi connectivity index (χ2v) is 9.56. The van der Waals surface area contributed by atoms with Crippen LogP contribution in [0.25, 0.3) is 0 Å². The third-order valence-corrected chi connectivity index (χ3v) is 5.51. The number of rotatable bonds is 6. The van der Waals surface area contributed by atoms with Crippen molar-refractivity contribution in [2.75, 3.05) is 6.79 Å². The molecule has 1 aliphatic rings. The van der Waals surface area contributed by atoms with Gasteiger partial charge in [-0.05, 0) is 49.4 Å². The molecule has 0 bridgehead atoms. The van der Waals surface area contributed by atoms with Crippen LogP contribution in [0.3, 0.4) is 0 Å². The lowest BCUT2D eigenvalue weighted by Crippen LogP contribution is -2.41. The first-order valence-electron chi connectivity index (χ1n) is 10.9. The summed E-state index contributed by atoms with van der Waals surface area (Å²) in [5.41, 5.74) is 0.749. The van der Waals surface area contributed by atoms with Crippen molar-refractivity contribution in [3.8, 4) is 23.8 Å². The van der Waals surface area contributed by atoms with Crippen LogP contribution in [0, 0.1) is 18.2 Å². The zero-order chi connectivity index (χ0) is 26.0. The average molecular weight is 483 g/mol. The van der Waals surface area contributed by atoms with E-state index in [2.05, 4.69) is 24.5 Å². The minimum Gasteiger partial charge on any atom is -0.486 e. The number of hydrogen-bond acceptors (Lipinski definition) is 7. The number of halogens is 1. The van der Waals surface area contributed by atoms with Gasteiger partial charge in [-0.1, -0.05) is 25.8 Å². The Balaban J connectivity index is 1.77. The molecule has 184 valence electrons. The molecule has 0 fully saturated rings. The molecule has 1 aliphatic heterocycles. The van der Waals surface area contributed by atoms with Crippen LogP contribution >= 0.6 is 0 Å². The minimum absolute atomic E-state index is 0.0301. The Hall–Kier alpha value is -3.86. The highest BCUT2D eigenvalue weighted by Crippen LogP contribution is 2.46. The van der Waals surface area contributed by atoms with Gasteiger partial charge in [-0.2, -0.15) is 0 Å². The van der Waals surface area contributed by atoms with Gasteiger partial charge in [0.2, 0.25) is 6.79 Å². The van der Waals surface area contributed by atoms with Gasteiger partial charge < -0.3 is 18.9 Å². The summed E-state index contributed by atoms with van der Waals surface area (Å²) in [4.78, 5) is 35.4.